The van der Waals surface area contributed by atoms with Crippen LogP contribution < -0.4 is 0 Å². The quantitative estimate of drug-likeness (QED) is 0.210. The van der Waals surface area contributed by atoms with E-state index in [1.54, 1.807) is 0 Å². The Morgan fingerprint density at radius 2 is 1.08 bits per heavy atom. The molecule has 0 N–H and O–H groups in total. The fourth-order valence-corrected chi connectivity index (χ4v) is 6.15. The van der Waals surface area contributed by atoms with Crippen LogP contribution in [0.15, 0.2) is 126 Å². The van der Waals surface area contributed by atoms with E-state index < -0.39 is 0 Å². The molecule has 3 heteroatoms. The molecule has 3 nitrogen and oxygen atoms in total. The van der Waals surface area contributed by atoms with Gasteiger partial charge in [-0.3, -0.25) is 0 Å². The van der Waals surface area contributed by atoms with Gasteiger partial charge in [0.15, 0.2) is 5.65 Å². The number of nitrogens with zero attached hydrogens (tertiary/aromatic N) is 2. The number of aromatic nitrogens is 2. The molecule has 0 saturated carbocycles. The van der Waals surface area contributed by atoms with Crippen molar-refractivity contribution in [3.63, 3.8) is 0 Å². The molecule has 0 aliphatic rings. The lowest BCUT2D eigenvalue weighted by Crippen LogP contribution is -1.88. The van der Waals surface area contributed by atoms with Crippen LogP contribution in [0.25, 0.3) is 87.1 Å². The Bertz CT molecular complexity index is 2510. The summed E-state index contributed by atoms with van der Waals surface area (Å²) in [6.45, 7) is 0. The summed E-state index contributed by atoms with van der Waals surface area (Å²) in [5, 5.41) is 12.3. The molecule has 0 fully saturated rings. The lowest BCUT2D eigenvalue weighted by molar-refractivity contribution is 0.669. The van der Waals surface area contributed by atoms with E-state index in [0.717, 1.165) is 59.9 Å². The molecule has 0 spiro atoms. The molecule has 0 radical (unpaired) electrons. The molecule has 6 bridgehead atoms. The topological polar surface area (TPSA) is 38.9 Å². The van der Waals surface area contributed by atoms with Crippen LogP contribution >= 0.6 is 0 Å². The zero-order chi connectivity index (χ0) is 25.5. The van der Waals surface area contributed by atoms with Crippen LogP contribution in [-0.4, -0.2) is 9.97 Å². The van der Waals surface area contributed by atoms with Crippen molar-refractivity contribution in [2.24, 2.45) is 0 Å². The normalized spacial score (nSPS) is 12.1. The Hall–Kier alpha value is -5.28. The van der Waals surface area contributed by atoms with Crippen molar-refractivity contribution in [2.75, 3.05) is 0 Å². The predicted octanol–water partition coefficient (Wildman–Crippen LogP) is 9.86. The summed E-state index contributed by atoms with van der Waals surface area (Å²) in [5.41, 5.74) is 4.26. The highest BCUT2D eigenvalue weighted by molar-refractivity contribution is 6.21. The van der Waals surface area contributed by atoms with Crippen LogP contribution in [0.5, 0.6) is 0 Å². The fourth-order valence-electron chi connectivity index (χ4n) is 6.15. The van der Waals surface area contributed by atoms with Crippen molar-refractivity contribution < 1.29 is 4.42 Å². The van der Waals surface area contributed by atoms with E-state index in [4.69, 9.17) is 14.4 Å². The highest BCUT2D eigenvalue weighted by Gasteiger charge is 2.13. The van der Waals surface area contributed by atoms with Crippen molar-refractivity contribution in [2.45, 2.75) is 0 Å². The van der Waals surface area contributed by atoms with Crippen LogP contribution in [-0.2, 0) is 0 Å². The van der Waals surface area contributed by atoms with E-state index in [9.17, 15) is 0 Å². The molecule has 0 aliphatic heterocycles. The second-order valence-corrected chi connectivity index (χ2v) is 10.2. The van der Waals surface area contributed by atoms with E-state index in [1.165, 1.54) is 21.5 Å². The molecule has 0 saturated heterocycles. The third kappa shape index (κ3) is 2.98. The first-order valence-corrected chi connectivity index (χ1v) is 13.2. The molecule has 39 heavy (non-hydrogen) atoms. The number of rotatable bonds is 0. The standard InChI is InChI=1S/C36H20N2O/c1-2-8-22-19-29-24-15-16-32-30(20-24)34-27(12-6-14-33(34)39-32)36-37-31-13-4-3-11-26(31)35(38-36)25-10-5-9-23(17-25)28(29)18-21(22)7-1/h1-20H. The molecule has 6 aromatic carbocycles. The number of fused-ring (bicyclic) bond motifs is 13. The molecule has 3 aromatic heterocycles. The molecular formula is C36H20N2O. The first kappa shape index (κ1) is 20.7. The summed E-state index contributed by atoms with van der Waals surface area (Å²) in [7, 11) is 0. The van der Waals surface area contributed by atoms with Gasteiger partial charge in [0.1, 0.15) is 11.2 Å². The van der Waals surface area contributed by atoms with Gasteiger partial charge in [-0.25, -0.2) is 9.97 Å². The second kappa shape index (κ2) is 7.62. The largest absolute Gasteiger partial charge is 0.456 e. The van der Waals surface area contributed by atoms with Crippen LogP contribution in [0.3, 0.4) is 0 Å². The predicted molar refractivity (Wildman–Crippen MR) is 163 cm³/mol. The van der Waals surface area contributed by atoms with Gasteiger partial charge in [0.25, 0.3) is 0 Å². The van der Waals surface area contributed by atoms with Crippen LogP contribution in [0.4, 0.5) is 0 Å². The monoisotopic (exact) mass is 496 g/mol. The molecule has 0 aliphatic carbocycles. The number of hydrogen-bond acceptors (Lipinski definition) is 3. The third-order valence-corrected chi connectivity index (χ3v) is 7.98. The Kier molecular flexibility index (Phi) is 4.05. The van der Waals surface area contributed by atoms with Crippen LogP contribution in [0, 0.1) is 0 Å². The number of benzene rings is 6. The SMILES string of the molecule is c1ccc2cc3c4ccc5oc6cccc(c7nc8ccccc8c(n7)c7cccc(c7)c3cc2c1)c6c5c4. The average Bonchev–Trinajstić information content (AvgIpc) is 3.38. The minimum absolute atomic E-state index is 0.704. The summed E-state index contributed by atoms with van der Waals surface area (Å²) in [6.07, 6.45) is 0. The maximum atomic E-state index is 6.35. The smallest absolute Gasteiger partial charge is 0.161 e. The summed E-state index contributed by atoms with van der Waals surface area (Å²) in [5.74, 6) is 0. The zero-order valence-electron chi connectivity index (χ0n) is 20.8. The lowest BCUT2D eigenvalue weighted by atomic mass is 9.99. The van der Waals surface area contributed by atoms with Gasteiger partial charge in [-0.2, -0.15) is 0 Å². The third-order valence-electron chi connectivity index (χ3n) is 7.98. The first-order chi connectivity index (χ1) is 19.3. The summed E-state index contributed by atoms with van der Waals surface area (Å²) >= 11 is 0. The molecule has 9 rings (SSSR count). The molecule has 0 amide bonds. The Morgan fingerprint density at radius 1 is 0.410 bits per heavy atom. The van der Waals surface area contributed by atoms with Crippen molar-refractivity contribution >= 4 is 87.1 Å². The van der Waals surface area contributed by atoms with Crippen molar-refractivity contribution in [3.05, 3.63) is 121 Å². The zero-order valence-corrected chi connectivity index (χ0v) is 20.8. The van der Waals surface area contributed by atoms with Gasteiger partial charge in [0.2, 0.25) is 0 Å². The number of furan rings is 1. The molecule has 3 heterocycles. The highest BCUT2D eigenvalue weighted by Crippen LogP contribution is 2.37. The summed E-state index contributed by atoms with van der Waals surface area (Å²) in [6, 6.07) is 42.9. The maximum Gasteiger partial charge on any atom is 0.161 e. The Labute approximate surface area is 222 Å². The van der Waals surface area contributed by atoms with Crippen LogP contribution in [0.1, 0.15) is 0 Å². The van der Waals surface area contributed by atoms with Gasteiger partial charge >= 0.3 is 0 Å². The molecule has 9 aromatic rings. The van der Waals surface area contributed by atoms with Gasteiger partial charge in [-0.1, -0.05) is 78.9 Å². The van der Waals surface area contributed by atoms with E-state index in [0.29, 0.717) is 5.65 Å². The number of hydrogen-bond donors (Lipinski definition) is 0. The van der Waals surface area contributed by atoms with Gasteiger partial charge in [0, 0.05) is 26.9 Å². The number of para-hydroxylation sites is 1. The lowest BCUT2D eigenvalue weighted by Gasteiger charge is -2.05. The van der Waals surface area contributed by atoms with E-state index in [2.05, 4.69) is 103 Å². The Morgan fingerprint density at radius 3 is 1.95 bits per heavy atom. The minimum Gasteiger partial charge on any atom is -0.456 e. The second-order valence-electron chi connectivity index (χ2n) is 10.2. The van der Waals surface area contributed by atoms with E-state index in [1.807, 2.05) is 18.2 Å². The van der Waals surface area contributed by atoms with Gasteiger partial charge in [0.05, 0.1) is 11.0 Å². The molecule has 0 unspecified atom stereocenters. The van der Waals surface area contributed by atoms with Gasteiger partial charge in [-0.15, -0.1) is 0 Å². The van der Waals surface area contributed by atoms with Crippen molar-refractivity contribution in [1.82, 2.24) is 9.97 Å². The highest BCUT2D eigenvalue weighted by atomic mass is 16.3. The minimum atomic E-state index is 0.704. The summed E-state index contributed by atoms with van der Waals surface area (Å²) < 4.78 is 6.35. The molecule has 0 atom stereocenters. The first-order valence-electron chi connectivity index (χ1n) is 13.2. The fraction of sp³-hybridized carbons (Fsp3) is 0. The molecular weight excluding hydrogens is 476 g/mol. The summed E-state index contributed by atoms with van der Waals surface area (Å²) in [4.78, 5) is 10.3. The van der Waals surface area contributed by atoms with Gasteiger partial charge in [-0.05, 0) is 74.8 Å². The van der Waals surface area contributed by atoms with E-state index >= 15 is 0 Å². The van der Waals surface area contributed by atoms with E-state index in [-0.39, 0.29) is 0 Å². The molecule has 180 valence electrons. The van der Waals surface area contributed by atoms with Crippen molar-refractivity contribution in [1.29, 1.82) is 0 Å². The van der Waals surface area contributed by atoms with Crippen LogP contribution in [0.2, 0.25) is 0 Å². The van der Waals surface area contributed by atoms with Gasteiger partial charge < -0.3 is 4.42 Å². The van der Waals surface area contributed by atoms with Crippen molar-refractivity contribution in [3.8, 4) is 0 Å². The average molecular weight is 497 g/mol. The Balaban J connectivity index is 1.67. The maximum absolute atomic E-state index is 6.35.